The average Bonchev–Trinajstić information content (AvgIpc) is 3.06. The van der Waals surface area contributed by atoms with Gasteiger partial charge in [0.15, 0.2) is 5.96 Å². The summed E-state index contributed by atoms with van der Waals surface area (Å²) in [5, 5.41) is 9.49. The van der Waals surface area contributed by atoms with Gasteiger partial charge in [-0.2, -0.15) is 0 Å². The van der Waals surface area contributed by atoms with E-state index in [-0.39, 0.29) is 5.91 Å². The molecule has 1 aliphatic rings. The van der Waals surface area contributed by atoms with Crippen LogP contribution < -0.4 is 16.0 Å². The Labute approximate surface area is 146 Å². The maximum Gasteiger partial charge on any atom is 0.221 e. The monoisotopic (exact) mass is 342 g/mol. The number of aliphatic imine (C=N–C) groups is 1. The third-order valence-electron chi connectivity index (χ3n) is 3.86. The fraction of sp³-hybridized carbons (Fsp3) is 0.882. The van der Waals surface area contributed by atoms with Crippen LogP contribution in [0.3, 0.4) is 0 Å². The van der Waals surface area contributed by atoms with Gasteiger partial charge in [-0.1, -0.05) is 12.8 Å². The highest BCUT2D eigenvalue weighted by Crippen LogP contribution is 2.17. The molecule has 0 spiro atoms. The minimum atomic E-state index is 0.122. The molecule has 1 rings (SSSR count). The molecular formula is C17H34N4O3. The molecule has 0 saturated heterocycles. The average molecular weight is 342 g/mol. The third kappa shape index (κ3) is 10.4. The van der Waals surface area contributed by atoms with Gasteiger partial charge in [0.05, 0.1) is 13.2 Å². The highest BCUT2D eigenvalue weighted by Gasteiger charge is 2.16. The Morgan fingerprint density at radius 3 is 2.67 bits per heavy atom. The van der Waals surface area contributed by atoms with Crippen LogP contribution in [-0.2, 0) is 14.3 Å². The van der Waals surface area contributed by atoms with Gasteiger partial charge < -0.3 is 25.4 Å². The maximum atomic E-state index is 11.9. The van der Waals surface area contributed by atoms with Crippen molar-refractivity contribution in [2.45, 2.75) is 51.5 Å². The fourth-order valence-corrected chi connectivity index (χ4v) is 2.61. The van der Waals surface area contributed by atoms with Crippen LogP contribution in [0.25, 0.3) is 0 Å². The second-order valence-electron chi connectivity index (χ2n) is 5.95. The van der Waals surface area contributed by atoms with Crippen LogP contribution in [0, 0.1) is 0 Å². The molecular weight excluding hydrogens is 308 g/mol. The number of hydrogen-bond donors (Lipinski definition) is 3. The Bertz CT molecular complexity index is 358. The van der Waals surface area contributed by atoms with Crippen molar-refractivity contribution in [3.05, 3.63) is 0 Å². The first-order chi connectivity index (χ1) is 11.8. The number of nitrogens with zero attached hydrogens (tertiary/aromatic N) is 1. The highest BCUT2D eigenvalue weighted by molar-refractivity contribution is 5.81. The molecule has 0 bridgehead atoms. The molecule has 1 fully saturated rings. The van der Waals surface area contributed by atoms with E-state index in [9.17, 15) is 4.79 Å². The number of hydrogen-bond acceptors (Lipinski definition) is 4. The lowest BCUT2D eigenvalue weighted by Gasteiger charge is -2.13. The number of carbonyl (C=O) groups excluding carboxylic acids is 1. The molecule has 0 aliphatic heterocycles. The molecule has 0 aromatic heterocycles. The van der Waals surface area contributed by atoms with Crippen molar-refractivity contribution >= 4 is 11.9 Å². The summed E-state index contributed by atoms with van der Waals surface area (Å²) in [5.74, 6) is 0.875. The number of methoxy groups -OCH3 is 1. The van der Waals surface area contributed by atoms with Crippen LogP contribution in [0.5, 0.6) is 0 Å². The smallest absolute Gasteiger partial charge is 0.221 e. The van der Waals surface area contributed by atoms with E-state index in [0.29, 0.717) is 45.4 Å². The Balaban J connectivity index is 2.12. The SMILES string of the molecule is CCNC(=NCCCOCCOC)NCCC(=O)NC1CCCC1. The van der Waals surface area contributed by atoms with E-state index < -0.39 is 0 Å². The Kier molecular flexibility index (Phi) is 12.1. The van der Waals surface area contributed by atoms with E-state index in [0.717, 1.165) is 31.8 Å². The Morgan fingerprint density at radius 2 is 1.96 bits per heavy atom. The Hall–Kier alpha value is -1.34. The van der Waals surface area contributed by atoms with Crippen LogP contribution in [0.1, 0.15) is 45.4 Å². The van der Waals surface area contributed by atoms with Gasteiger partial charge in [-0.15, -0.1) is 0 Å². The first kappa shape index (κ1) is 20.7. The maximum absolute atomic E-state index is 11.9. The summed E-state index contributed by atoms with van der Waals surface area (Å²) in [7, 11) is 1.66. The zero-order valence-corrected chi connectivity index (χ0v) is 15.2. The number of rotatable bonds is 12. The molecule has 1 aliphatic carbocycles. The standard InChI is InChI=1S/C17H34N4O3/c1-3-18-17(19-10-6-12-24-14-13-23-2)20-11-9-16(22)21-15-7-4-5-8-15/h15H,3-14H2,1-2H3,(H,21,22)(H2,18,19,20). The summed E-state index contributed by atoms with van der Waals surface area (Å²) in [6.07, 6.45) is 6.04. The molecule has 3 N–H and O–H groups in total. The van der Waals surface area contributed by atoms with Crippen molar-refractivity contribution in [2.24, 2.45) is 4.99 Å². The topological polar surface area (TPSA) is 84.0 Å². The van der Waals surface area contributed by atoms with E-state index in [2.05, 4.69) is 20.9 Å². The summed E-state index contributed by atoms with van der Waals surface area (Å²) < 4.78 is 10.3. The van der Waals surface area contributed by atoms with Gasteiger partial charge >= 0.3 is 0 Å². The molecule has 0 atom stereocenters. The zero-order chi connectivity index (χ0) is 17.5. The molecule has 1 saturated carbocycles. The first-order valence-corrected chi connectivity index (χ1v) is 9.14. The Morgan fingerprint density at radius 1 is 1.17 bits per heavy atom. The van der Waals surface area contributed by atoms with E-state index in [4.69, 9.17) is 9.47 Å². The van der Waals surface area contributed by atoms with Gasteiger partial charge in [0.2, 0.25) is 5.91 Å². The van der Waals surface area contributed by atoms with E-state index in [1.807, 2.05) is 6.92 Å². The minimum absolute atomic E-state index is 0.122. The normalized spacial score (nSPS) is 15.5. The van der Waals surface area contributed by atoms with Gasteiger partial charge in [-0.3, -0.25) is 9.79 Å². The number of nitrogens with one attached hydrogen (secondary N) is 3. The van der Waals surface area contributed by atoms with Crippen molar-refractivity contribution in [3.8, 4) is 0 Å². The molecule has 24 heavy (non-hydrogen) atoms. The summed E-state index contributed by atoms with van der Waals surface area (Å²) in [6, 6.07) is 0.387. The molecule has 7 heteroatoms. The van der Waals surface area contributed by atoms with Crippen LogP contribution in [-0.4, -0.2) is 64.5 Å². The van der Waals surface area contributed by atoms with Crippen molar-refractivity contribution in [1.29, 1.82) is 0 Å². The van der Waals surface area contributed by atoms with Crippen LogP contribution in [0.15, 0.2) is 4.99 Å². The van der Waals surface area contributed by atoms with Crippen molar-refractivity contribution in [2.75, 3.05) is 46.6 Å². The number of ether oxygens (including phenoxy) is 2. The largest absolute Gasteiger partial charge is 0.382 e. The van der Waals surface area contributed by atoms with E-state index in [1.165, 1.54) is 12.8 Å². The molecule has 0 aromatic carbocycles. The minimum Gasteiger partial charge on any atom is -0.382 e. The lowest BCUT2D eigenvalue weighted by molar-refractivity contribution is -0.121. The van der Waals surface area contributed by atoms with Gasteiger partial charge in [0, 0.05) is 45.8 Å². The van der Waals surface area contributed by atoms with E-state index >= 15 is 0 Å². The van der Waals surface area contributed by atoms with Crippen molar-refractivity contribution in [1.82, 2.24) is 16.0 Å². The van der Waals surface area contributed by atoms with Crippen LogP contribution >= 0.6 is 0 Å². The molecule has 0 unspecified atom stereocenters. The first-order valence-electron chi connectivity index (χ1n) is 9.14. The van der Waals surface area contributed by atoms with Gasteiger partial charge in [0.1, 0.15) is 0 Å². The second kappa shape index (κ2) is 14.0. The summed E-state index contributed by atoms with van der Waals surface area (Å²) in [6.45, 7) is 6.02. The predicted molar refractivity (Wildman–Crippen MR) is 96.3 cm³/mol. The van der Waals surface area contributed by atoms with Gasteiger partial charge in [-0.05, 0) is 26.2 Å². The molecule has 0 heterocycles. The quantitative estimate of drug-likeness (QED) is 0.280. The second-order valence-corrected chi connectivity index (χ2v) is 5.95. The molecule has 7 nitrogen and oxygen atoms in total. The number of guanidine groups is 1. The lowest BCUT2D eigenvalue weighted by Crippen LogP contribution is -2.40. The number of amides is 1. The molecule has 140 valence electrons. The van der Waals surface area contributed by atoms with Crippen LogP contribution in [0.4, 0.5) is 0 Å². The van der Waals surface area contributed by atoms with Crippen LogP contribution in [0.2, 0.25) is 0 Å². The predicted octanol–water partition coefficient (Wildman–Crippen LogP) is 1.04. The fourth-order valence-electron chi connectivity index (χ4n) is 2.61. The third-order valence-corrected chi connectivity index (χ3v) is 3.86. The molecule has 1 amide bonds. The zero-order valence-electron chi connectivity index (χ0n) is 15.2. The molecule has 0 radical (unpaired) electrons. The van der Waals surface area contributed by atoms with Crippen molar-refractivity contribution < 1.29 is 14.3 Å². The lowest BCUT2D eigenvalue weighted by atomic mass is 10.2. The summed E-state index contributed by atoms with van der Waals surface area (Å²) in [4.78, 5) is 16.4. The highest BCUT2D eigenvalue weighted by atomic mass is 16.5. The molecule has 0 aromatic rings. The number of carbonyl (C=O) groups is 1. The van der Waals surface area contributed by atoms with Crippen molar-refractivity contribution in [3.63, 3.8) is 0 Å². The summed E-state index contributed by atoms with van der Waals surface area (Å²) in [5.41, 5.74) is 0. The summed E-state index contributed by atoms with van der Waals surface area (Å²) >= 11 is 0. The van der Waals surface area contributed by atoms with Gasteiger partial charge in [0.25, 0.3) is 0 Å². The van der Waals surface area contributed by atoms with E-state index in [1.54, 1.807) is 7.11 Å². The van der Waals surface area contributed by atoms with Gasteiger partial charge in [-0.25, -0.2) is 0 Å².